The maximum Gasteiger partial charge on any atom is 0.242 e. The molecule has 0 fully saturated rings. The van der Waals surface area contributed by atoms with Crippen molar-refractivity contribution >= 4 is 26.0 Å². The highest BCUT2D eigenvalue weighted by molar-refractivity contribution is 9.10. The highest BCUT2D eigenvalue weighted by atomic mass is 79.9. The quantitative estimate of drug-likeness (QED) is 0.658. The van der Waals surface area contributed by atoms with Crippen LogP contribution in [0.4, 0.5) is 0 Å². The lowest BCUT2D eigenvalue weighted by molar-refractivity contribution is 0.376. The Labute approximate surface area is 154 Å². The lowest BCUT2D eigenvalue weighted by Crippen LogP contribution is -2.24. The zero-order valence-corrected chi connectivity index (χ0v) is 15.8. The molecule has 0 saturated carbocycles. The molecule has 25 heavy (non-hydrogen) atoms. The second-order valence-corrected chi connectivity index (χ2v) is 8.31. The fourth-order valence-electron chi connectivity index (χ4n) is 2.22. The Kier molecular flexibility index (Phi) is 5.31. The van der Waals surface area contributed by atoms with Crippen LogP contribution in [0.5, 0.6) is 0 Å². The highest BCUT2D eigenvalue weighted by Crippen LogP contribution is 2.17. The van der Waals surface area contributed by atoms with Crippen LogP contribution in [0, 0.1) is 6.92 Å². The van der Waals surface area contributed by atoms with Gasteiger partial charge in [-0.2, -0.15) is 4.98 Å². The molecule has 2 aromatic carbocycles. The van der Waals surface area contributed by atoms with Crippen LogP contribution in [0.1, 0.15) is 17.0 Å². The first-order chi connectivity index (χ1) is 11.9. The molecule has 0 aliphatic heterocycles. The highest BCUT2D eigenvalue weighted by Gasteiger charge is 2.15. The first kappa shape index (κ1) is 17.8. The number of nitrogens with zero attached hydrogens (tertiary/aromatic N) is 2. The van der Waals surface area contributed by atoms with Gasteiger partial charge >= 0.3 is 0 Å². The molecule has 130 valence electrons. The predicted octanol–water partition coefficient (Wildman–Crippen LogP) is 3.43. The number of benzene rings is 2. The van der Waals surface area contributed by atoms with Crippen molar-refractivity contribution in [2.45, 2.75) is 19.2 Å². The SMILES string of the molecule is Cc1ccc(-c2noc(CNS(=O)(=O)Cc3cccc(Br)c3)n2)cc1. The van der Waals surface area contributed by atoms with E-state index in [9.17, 15) is 8.42 Å². The van der Waals surface area contributed by atoms with Gasteiger partial charge in [-0.3, -0.25) is 0 Å². The van der Waals surface area contributed by atoms with Crippen molar-refractivity contribution < 1.29 is 12.9 Å². The summed E-state index contributed by atoms with van der Waals surface area (Å²) < 4.78 is 32.8. The first-order valence-electron chi connectivity index (χ1n) is 7.53. The Morgan fingerprint density at radius 2 is 1.92 bits per heavy atom. The Balaban J connectivity index is 1.64. The monoisotopic (exact) mass is 421 g/mol. The van der Waals surface area contributed by atoms with E-state index in [1.807, 2.05) is 37.3 Å². The first-order valence-corrected chi connectivity index (χ1v) is 9.97. The molecule has 1 N–H and O–H groups in total. The maximum atomic E-state index is 12.2. The third-order valence-electron chi connectivity index (χ3n) is 3.47. The van der Waals surface area contributed by atoms with Crippen molar-refractivity contribution in [3.05, 3.63) is 70.0 Å². The molecule has 8 heteroatoms. The van der Waals surface area contributed by atoms with Crippen LogP contribution < -0.4 is 4.72 Å². The van der Waals surface area contributed by atoms with E-state index in [0.717, 1.165) is 15.6 Å². The summed E-state index contributed by atoms with van der Waals surface area (Å²) in [6.45, 7) is 1.95. The van der Waals surface area contributed by atoms with Gasteiger partial charge < -0.3 is 4.52 Å². The van der Waals surface area contributed by atoms with Crippen LogP contribution in [0.15, 0.2) is 57.5 Å². The zero-order chi connectivity index (χ0) is 17.9. The van der Waals surface area contributed by atoms with Gasteiger partial charge in [-0.25, -0.2) is 13.1 Å². The third-order valence-corrected chi connectivity index (χ3v) is 5.26. The van der Waals surface area contributed by atoms with Gasteiger partial charge in [0.2, 0.25) is 21.7 Å². The predicted molar refractivity (Wildman–Crippen MR) is 98.1 cm³/mol. The molecule has 6 nitrogen and oxygen atoms in total. The van der Waals surface area contributed by atoms with Gasteiger partial charge in [-0.05, 0) is 24.6 Å². The molecule has 0 aliphatic rings. The summed E-state index contributed by atoms with van der Waals surface area (Å²) in [4.78, 5) is 4.22. The van der Waals surface area contributed by atoms with Crippen molar-refractivity contribution in [1.82, 2.24) is 14.9 Å². The summed E-state index contributed by atoms with van der Waals surface area (Å²) in [5.41, 5.74) is 2.64. The summed E-state index contributed by atoms with van der Waals surface area (Å²) in [7, 11) is -3.51. The number of rotatable bonds is 6. The van der Waals surface area contributed by atoms with E-state index in [2.05, 4.69) is 30.8 Å². The van der Waals surface area contributed by atoms with Crippen LogP contribution in [-0.2, 0) is 22.3 Å². The molecule has 0 radical (unpaired) electrons. The van der Waals surface area contributed by atoms with Crippen molar-refractivity contribution in [3.63, 3.8) is 0 Å². The number of hydrogen-bond acceptors (Lipinski definition) is 5. The summed E-state index contributed by atoms with van der Waals surface area (Å²) >= 11 is 3.33. The van der Waals surface area contributed by atoms with E-state index in [-0.39, 0.29) is 18.2 Å². The smallest absolute Gasteiger partial charge is 0.242 e. The molecule has 1 heterocycles. The van der Waals surface area contributed by atoms with E-state index in [1.54, 1.807) is 18.2 Å². The molecule has 3 rings (SSSR count). The molecular formula is C17H16BrN3O3S. The minimum Gasteiger partial charge on any atom is -0.338 e. The van der Waals surface area contributed by atoms with E-state index in [1.165, 1.54) is 0 Å². The van der Waals surface area contributed by atoms with Crippen LogP contribution in [0.25, 0.3) is 11.4 Å². The Bertz CT molecular complexity index is 969. The molecule has 3 aromatic rings. The van der Waals surface area contributed by atoms with Crippen LogP contribution >= 0.6 is 15.9 Å². The summed E-state index contributed by atoms with van der Waals surface area (Å²) in [6.07, 6.45) is 0. The summed E-state index contributed by atoms with van der Waals surface area (Å²) in [6, 6.07) is 14.8. The molecular weight excluding hydrogens is 406 g/mol. The molecule has 0 atom stereocenters. The number of aryl methyl sites for hydroxylation is 1. The van der Waals surface area contributed by atoms with E-state index >= 15 is 0 Å². The lowest BCUT2D eigenvalue weighted by Gasteiger charge is -2.05. The minimum absolute atomic E-state index is 0.0464. The normalized spacial score (nSPS) is 11.6. The lowest BCUT2D eigenvalue weighted by atomic mass is 10.1. The van der Waals surface area contributed by atoms with Crippen molar-refractivity contribution in [3.8, 4) is 11.4 Å². The molecule has 0 amide bonds. The molecule has 0 saturated heterocycles. The zero-order valence-electron chi connectivity index (χ0n) is 13.4. The fourth-order valence-corrected chi connectivity index (χ4v) is 3.73. The van der Waals surface area contributed by atoms with Gasteiger partial charge in [0.15, 0.2) is 0 Å². The Morgan fingerprint density at radius 1 is 1.16 bits per heavy atom. The molecule has 0 spiro atoms. The van der Waals surface area contributed by atoms with Crippen molar-refractivity contribution in [2.75, 3.05) is 0 Å². The number of hydrogen-bond donors (Lipinski definition) is 1. The molecule has 0 bridgehead atoms. The van der Waals surface area contributed by atoms with Crippen LogP contribution in [0.3, 0.4) is 0 Å². The molecule has 0 unspecified atom stereocenters. The summed E-state index contributed by atoms with van der Waals surface area (Å²) in [5, 5.41) is 3.89. The van der Waals surface area contributed by atoms with Crippen molar-refractivity contribution in [1.29, 1.82) is 0 Å². The van der Waals surface area contributed by atoms with Gasteiger partial charge in [-0.1, -0.05) is 63.0 Å². The van der Waals surface area contributed by atoms with E-state index in [0.29, 0.717) is 11.4 Å². The largest absolute Gasteiger partial charge is 0.338 e. The summed E-state index contributed by atoms with van der Waals surface area (Å²) in [5.74, 6) is 0.528. The number of nitrogens with one attached hydrogen (secondary N) is 1. The fraction of sp³-hybridized carbons (Fsp3) is 0.176. The van der Waals surface area contributed by atoms with Gasteiger partial charge in [0, 0.05) is 10.0 Å². The molecule has 1 aromatic heterocycles. The van der Waals surface area contributed by atoms with Crippen LogP contribution in [0.2, 0.25) is 0 Å². The Hall–Kier alpha value is -2.03. The average Bonchev–Trinajstić information content (AvgIpc) is 3.02. The minimum atomic E-state index is -3.51. The number of halogens is 1. The second-order valence-electron chi connectivity index (χ2n) is 5.59. The third kappa shape index (κ3) is 4.97. The Morgan fingerprint density at radius 3 is 2.64 bits per heavy atom. The van der Waals surface area contributed by atoms with Gasteiger partial charge in [0.25, 0.3) is 0 Å². The standard InChI is InChI=1S/C17H16BrN3O3S/c1-12-5-7-14(8-6-12)17-20-16(24-21-17)10-19-25(22,23)11-13-3-2-4-15(18)9-13/h2-9,19H,10-11H2,1H3. The van der Waals surface area contributed by atoms with Gasteiger partial charge in [-0.15, -0.1) is 0 Å². The van der Waals surface area contributed by atoms with E-state index < -0.39 is 10.0 Å². The average molecular weight is 422 g/mol. The van der Waals surface area contributed by atoms with E-state index in [4.69, 9.17) is 4.52 Å². The second kappa shape index (κ2) is 7.47. The van der Waals surface area contributed by atoms with Crippen molar-refractivity contribution in [2.24, 2.45) is 0 Å². The topological polar surface area (TPSA) is 85.1 Å². The maximum absolute atomic E-state index is 12.2. The number of aromatic nitrogens is 2. The van der Waals surface area contributed by atoms with Crippen LogP contribution in [-0.4, -0.2) is 18.6 Å². The van der Waals surface area contributed by atoms with Gasteiger partial charge in [0.1, 0.15) is 0 Å². The number of sulfonamides is 1. The van der Waals surface area contributed by atoms with Gasteiger partial charge in [0.05, 0.1) is 12.3 Å². The molecule has 0 aliphatic carbocycles.